The Labute approximate surface area is 107 Å². The minimum Gasteiger partial charge on any atom is -0.358 e. The Kier molecular flexibility index (Phi) is 4.09. The van der Waals surface area contributed by atoms with E-state index < -0.39 is 0 Å². The summed E-state index contributed by atoms with van der Waals surface area (Å²) in [6, 6.07) is 9.41. The topological polar surface area (TPSA) is 32.3 Å². The largest absolute Gasteiger partial charge is 0.358 e. The average Bonchev–Trinajstić information content (AvgIpc) is 2.40. The van der Waals surface area contributed by atoms with Crippen molar-refractivity contribution in [1.29, 1.82) is 0 Å². The van der Waals surface area contributed by atoms with Crippen LogP contribution in [-0.4, -0.2) is 28.9 Å². The molecule has 3 nitrogen and oxygen atoms in total. The van der Waals surface area contributed by atoms with Crippen molar-refractivity contribution in [2.75, 3.05) is 18.4 Å². The van der Waals surface area contributed by atoms with Crippen LogP contribution < -0.4 is 5.32 Å². The van der Waals surface area contributed by atoms with Crippen molar-refractivity contribution in [3.05, 3.63) is 30.3 Å². The maximum atomic E-state index is 11.9. The van der Waals surface area contributed by atoms with Crippen molar-refractivity contribution >= 4 is 28.8 Å². The van der Waals surface area contributed by atoms with E-state index in [0.717, 1.165) is 31.6 Å². The predicted molar refractivity (Wildman–Crippen MR) is 73.1 cm³/mol. The van der Waals surface area contributed by atoms with Crippen LogP contribution in [0.25, 0.3) is 0 Å². The first-order chi connectivity index (χ1) is 8.27. The third-order valence-electron chi connectivity index (χ3n) is 2.87. The molecule has 1 aliphatic heterocycles. The minimum atomic E-state index is -0.173. The number of nitrogens with zero attached hydrogens (tertiary/aromatic N) is 1. The molecule has 1 N–H and O–H groups in total. The lowest BCUT2D eigenvalue weighted by Gasteiger charge is -2.28. The number of amides is 1. The van der Waals surface area contributed by atoms with Crippen LogP contribution in [0.5, 0.6) is 0 Å². The third-order valence-corrected chi connectivity index (χ3v) is 3.31. The van der Waals surface area contributed by atoms with E-state index in [1.54, 1.807) is 0 Å². The van der Waals surface area contributed by atoms with Crippen LogP contribution in [-0.2, 0) is 4.79 Å². The molecule has 0 bridgehead atoms. The molecule has 0 radical (unpaired) electrons. The first-order valence-electron chi connectivity index (χ1n) is 5.92. The molecule has 90 valence electrons. The molecule has 2 rings (SSSR count). The van der Waals surface area contributed by atoms with Crippen molar-refractivity contribution in [2.45, 2.75) is 19.3 Å². The molecule has 1 aromatic carbocycles. The van der Waals surface area contributed by atoms with Gasteiger partial charge in [-0.2, -0.15) is 0 Å². The van der Waals surface area contributed by atoms with Crippen molar-refractivity contribution < 1.29 is 4.79 Å². The number of thiocarbonyl (C=S) groups is 1. The molecule has 0 atom stereocenters. The van der Waals surface area contributed by atoms with Gasteiger partial charge < -0.3 is 10.2 Å². The minimum absolute atomic E-state index is 0.173. The van der Waals surface area contributed by atoms with Crippen LogP contribution in [0.2, 0.25) is 0 Å². The van der Waals surface area contributed by atoms with E-state index in [0.29, 0.717) is 4.99 Å². The zero-order valence-corrected chi connectivity index (χ0v) is 10.5. The van der Waals surface area contributed by atoms with Gasteiger partial charge in [0, 0.05) is 18.8 Å². The molecule has 1 saturated heterocycles. The lowest BCUT2D eigenvalue weighted by atomic mass is 10.1. The van der Waals surface area contributed by atoms with Gasteiger partial charge in [0.05, 0.1) is 0 Å². The smallest absolute Gasteiger partial charge is 0.283 e. The second-order valence-corrected chi connectivity index (χ2v) is 4.56. The van der Waals surface area contributed by atoms with Gasteiger partial charge in [-0.05, 0) is 31.4 Å². The monoisotopic (exact) mass is 248 g/mol. The highest BCUT2D eigenvalue weighted by atomic mass is 32.1. The van der Waals surface area contributed by atoms with Gasteiger partial charge in [0.1, 0.15) is 0 Å². The highest BCUT2D eigenvalue weighted by Gasteiger charge is 2.19. The summed E-state index contributed by atoms with van der Waals surface area (Å²) in [6.45, 7) is 1.81. The van der Waals surface area contributed by atoms with Crippen LogP contribution in [0.4, 0.5) is 5.69 Å². The first-order valence-corrected chi connectivity index (χ1v) is 6.33. The van der Waals surface area contributed by atoms with E-state index in [4.69, 9.17) is 12.2 Å². The fourth-order valence-corrected chi connectivity index (χ4v) is 2.18. The number of para-hydroxylation sites is 1. The van der Waals surface area contributed by atoms with E-state index in [-0.39, 0.29) is 5.91 Å². The Morgan fingerprint density at radius 3 is 2.41 bits per heavy atom. The Morgan fingerprint density at radius 2 is 1.76 bits per heavy atom. The molecule has 1 aromatic rings. The zero-order valence-electron chi connectivity index (χ0n) is 9.69. The van der Waals surface area contributed by atoms with Crippen molar-refractivity contribution in [3.8, 4) is 0 Å². The average molecular weight is 248 g/mol. The van der Waals surface area contributed by atoms with Gasteiger partial charge in [-0.3, -0.25) is 4.79 Å². The van der Waals surface area contributed by atoms with Gasteiger partial charge in [-0.1, -0.05) is 30.4 Å². The molecular formula is C13H16N2OS. The molecule has 1 fully saturated rings. The highest BCUT2D eigenvalue weighted by Crippen LogP contribution is 2.11. The summed E-state index contributed by atoms with van der Waals surface area (Å²) in [4.78, 5) is 14.3. The molecule has 0 aliphatic carbocycles. The van der Waals surface area contributed by atoms with Crippen LogP contribution in [0.1, 0.15) is 19.3 Å². The van der Waals surface area contributed by atoms with Crippen molar-refractivity contribution in [3.63, 3.8) is 0 Å². The predicted octanol–water partition coefficient (Wildman–Crippen LogP) is 2.44. The van der Waals surface area contributed by atoms with Crippen LogP contribution in [0, 0.1) is 0 Å². The Morgan fingerprint density at radius 1 is 1.12 bits per heavy atom. The normalized spacial score (nSPS) is 15.4. The zero-order chi connectivity index (χ0) is 12.1. The molecule has 1 heterocycles. The lowest BCUT2D eigenvalue weighted by molar-refractivity contribution is -0.110. The number of hydrogen-bond donors (Lipinski definition) is 1. The second-order valence-electron chi connectivity index (χ2n) is 4.17. The molecule has 1 amide bonds. The Balaban J connectivity index is 1.93. The van der Waals surface area contributed by atoms with E-state index in [2.05, 4.69) is 5.32 Å². The molecule has 17 heavy (non-hydrogen) atoms. The van der Waals surface area contributed by atoms with Crippen LogP contribution >= 0.6 is 12.2 Å². The van der Waals surface area contributed by atoms with Gasteiger partial charge in [-0.15, -0.1) is 0 Å². The maximum absolute atomic E-state index is 11.9. The second kappa shape index (κ2) is 5.77. The summed E-state index contributed by atoms with van der Waals surface area (Å²) in [5.74, 6) is -0.173. The summed E-state index contributed by atoms with van der Waals surface area (Å²) in [5, 5.41) is 2.82. The molecule has 0 saturated carbocycles. The van der Waals surface area contributed by atoms with E-state index in [9.17, 15) is 4.79 Å². The van der Waals surface area contributed by atoms with Gasteiger partial charge in [0.15, 0.2) is 4.99 Å². The fraction of sp³-hybridized carbons (Fsp3) is 0.385. The number of hydrogen-bond acceptors (Lipinski definition) is 2. The summed E-state index contributed by atoms with van der Waals surface area (Å²) in [5.41, 5.74) is 0.789. The fourth-order valence-electron chi connectivity index (χ4n) is 1.95. The molecule has 0 unspecified atom stereocenters. The maximum Gasteiger partial charge on any atom is 0.283 e. The van der Waals surface area contributed by atoms with Gasteiger partial charge in [0.2, 0.25) is 0 Å². The number of benzene rings is 1. The molecule has 0 spiro atoms. The lowest BCUT2D eigenvalue weighted by Crippen LogP contribution is -2.41. The molecule has 1 aliphatic rings. The summed E-state index contributed by atoms with van der Waals surface area (Å²) in [6.07, 6.45) is 3.48. The number of nitrogens with one attached hydrogen (secondary N) is 1. The van der Waals surface area contributed by atoms with Crippen LogP contribution in [0.3, 0.4) is 0 Å². The van der Waals surface area contributed by atoms with E-state index >= 15 is 0 Å². The van der Waals surface area contributed by atoms with E-state index in [1.807, 2.05) is 35.2 Å². The van der Waals surface area contributed by atoms with Gasteiger partial charge in [0.25, 0.3) is 5.91 Å². The number of carbonyl (C=O) groups is 1. The third kappa shape index (κ3) is 3.27. The van der Waals surface area contributed by atoms with Gasteiger partial charge >= 0.3 is 0 Å². The summed E-state index contributed by atoms with van der Waals surface area (Å²) in [7, 11) is 0. The Bertz CT molecular complexity index is 399. The van der Waals surface area contributed by atoms with Crippen molar-refractivity contribution in [1.82, 2.24) is 4.90 Å². The van der Waals surface area contributed by atoms with Crippen LogP contribution in [0.15, 0.2) is 30.3 Å². The summed E-state index contributed by atoms with van der Waals surface area (Å²) < 4.78 is 0. The quantitative estimate of drug-likeness (QED) is 0.775. The number of anilines is 1. The molecular weight excluding hydrogens is 232 g/mol. The SMILES string of the molecule is O=C(Nc1ccccc1)C(=S)N1CCCCC1. The molecule has 0 aromatic heterocycles. The van der Waals surface area contributed by atoms with Crippen molar-refractivity contribution in [2.24, 2.45) is 0 Å². The standard InChI is InChI=1S/C13H16N2OS/c16-12(14-11-7-3-1-4-8-11)13(17)15-9-5-2-6-10-15/h1,3-4,7-8H,2,5-6,9-10H2,(H,14,16). The number of piperidine rings is 1. The number of carbonyl (C=O) groups excluding carboxylic acids is 1. The van der Waals surface area contributed by atoms with E-state index in [1.165, 1.54) is 6.42 Å². The number of likely N-dealkylation sites (tertiary alicyclic amines) is 1. The Hall–Kier alpha value is -1.42. The van der Waals surface area contributed by atoms with Gasteiger partial charge in [-0.25, -0.2) is 0 Å². The number of rotatable bonds is 1. The highest BCUT2D eigenvalue weighted by molar-refractivity contribution is 7.82. The first kappa shape index (κ1) is 12.0. The molecule has 4 heteroatoms. The summed E-state index contributed by atoms with van der Waals surface area (Å²) >= 11 is 5.21.